The molecule has 1 aromatic heterocycles. The van der Waals surface area contributed by atoms with Crippen molar-refractivity contribution in [3.63, 3.8) is 0 Å². The quantitative estimate of drug-likeness (QED) is 0.0775. The summed E-state index contributed by atoms with van der Waals surface area (Å²) in [4.78, 5) is 20.0. The molecule has 1 fully saturated rings. The van der Waals surface area contributed by atoms with Gasteiger partial charge in [0.15, 0.2) is 0 Å². The third-order valence-electron chi connectivity index (χ3n) is 7.90. The summed E-state index contributed by atoms with van der Waals surface area (Å²) in [6, 6.07) is 8.63. The number of benzene rings is 1. The van der Waals surface area contributed by atoms with Crippen LogP contribution in [0.2, 0.25) is 0 Å². The summed E-state index contributed by atoms with van der Waals surface area (Å²) in [5, 5.41) is 14.7. The number of piperazine rings is 1. The number of aliphatic hydroxyl groups excluding tert-OH is 1. The Balaban J connectivity index is 0.00000130. The fraction of sp³-hybridized carbons (Fsp3) is 0.462. The lowest BCUT2D eigenvalue weighted by atomic mass is 9.87. The molecule has 0 radical (unpaired) electrons. The first-order chi connectivity index (χ1) is 23.2. The highest BCUT2D eigenvalue weighted by Gasteiger charge is 2.45. The first kappa shape index (κ1) is 45.3. The SMILES string of the molecule is C#CC.C/C=C(\C)NF.C=Nc1cc2c(cc1/C=C/CN1C(O)C(C)(C)NCC1(C)/C=C/CP)CC(c1cccnc1)C2.CC.CC(N)=O. The number of allylic oxidation sites excluding steroid dienone is 3. The second-order valence-electron chi connectivity index (χ2n) is 12.2. The zero-order valence-electron chi connectivity index (χ0n) is 31.1. The Kier molecular flexibility index (Phi) is 21.9. The fourth-order valence-electron chi connectivity index (χ4n) is 5.20. The van der Waals surface area contributed by atoms with Gasteiger partial charge in [-0.05, 0) is 108 Å². The van der Waals surface area contributed by atoms with Crippen molar-refractivity contribution in [1.29, 1.82) is 0 Å². The molecule has 4 atom stereocenters. The lowest BCUT2D eigenvalue weighted by molar-refractivity contribution is -0.116. The minimum absolute atomic E-state index is 0.274. The summed E-state index contributed by atoms with van der Waals surface area (Å²) in [5.41, 5.74) is 11.8. The third-order valence-corrected chi connectivity index (χ3v) is 8.17. The maximum Gasteiger partial charge on any atom is 0.214 e. The Morgan fingerprint density at radius 3 is 2.35 bits per heavy atom. The van der Waals surface area contributed by atoms with Crippen LogP contribution in [0, 0.1) is 12.3 Å². The fourth-order valence-corrected chi connectivity index (χ4v) is 5.34. The lowest BCUT2D eigenvalue weighted by Gasteiger charge is -2.53. The van der Waals surface area contributed by atoms with Crippen LogP contribution in [0.4, 0.5) is 10.2 Å². The number of nitrogens with one attached hydrogen (secondary N) is 2. The minimum Gasteiger partial charge on any atom is -0.376 e. The van der Waals surface area contributed by atoms with Crippen molar-refractivity contribution in [2.75, 3.05) is 19.3 Å². The van der Waals surface area contributed by atoms with Crippen LogP contribution in [0.25, 0.3) is 6.08 Å². The highest BCUT2D eigenvalue weighted by molar-refractivity contribution is 7.16. The predicted octanol–water partition coefficient (Wildman–Crippen LogP) is 7.04. The zero-order chi connectivity index (χ0) is 37.6. The summed E-state index contributed by atoms with van der Waals surface area (Å²) in [6.45, 7) is 21.9. The number of rotatable bonds is 8. The van der Waals surface area contributed by atoms with E-state index in [0.717, 1.165) is 36.8 Å². The number of halogens is 1. The number of aliphatic imine (C=N–C) groups is 1. The highest BCUT2D eigenvalue weighted by atomic mass is 31.0. The standard InChI is InChI=1S/C28H37N4OP.C4H8FN.C3H4.C2H5NO.C2H6/c1-27(2)26(33)32(28(3,19-31-27)10-7-13-34)12-6-9-20-14-23-15-22(21-8-5-11-30-18-21)16-24(23)17-25(20)29-4;1-3-4(2)6-5;1-3-2;1-2(3)4;1-2/h5-11,14,17-18,22,26,31,33H,4,12-13,15-16,19,34H2,1-3H3;3,6H,1-2H3;1H,2H3;1H3,(H2,3,4);1-2H3/b9-6+,10-7+;4-3+;;;. The van der Waals surface area contributed by atoms with Crippen molar-refractivity contribution >= 4 is 33.6 Å². The molecule has 2 heterocycles. The Bertz CT molecular complexity index is 1420. The van der Waals surface area contributed by atoms with E-state index in [0.29, 0.717) is 18.2 Å². The molecular formula is C39H60FN6O2P. The van der Waals surface area contributed by atoms with E-state index in [2.05, 4.69) is 104 Å². The molecule has 10 heteroatoms. The number of terminal acetylenes is 1. The number of nitrogens with two attached hydrogens (primary N) is 1. The Hall–Kier alpha value is -3.67. The van der Waals surface area contributed by atoms with Gasteiger partial charge in [-0.25, -0.2) is 5.54 Å². The number of fused-ring (bicyclic) bond motifs is 1. The monoisotopic (exact) mass is 694 g/mol. The minimum atomic E-state index is -0.609. The number of primary amides is 1. The summed E-state index contributed by atoms with van der Waals surface area (Å²) < 4.78 is 11.1. The third kappa shape index (κ3) is 15.2. The van der Waals surface area contributed by atoms with E-state index in [4.69, 9.17) is 0 Å². The van der Waals surface area contributed by atoms with Gasteiger partial charge in [-0.15, -0.1) is 26.1 Å². The largest absolute Gasteiger partial charge is 0.376 e. The van der Waals surface area contributed by atoms with Crippen molar-refractivity contribution < 1.29 is 14.4 Å². The molecule has 2 aromatic rings. The van der Waals surface area contributed by atoms with Gasteiger partial charge in [-0.3, -0.25) is 19.7 Å². The summed E-state index contributed by atoms with van der Waals surface area (Å²) in [5.74, 6) is 2.38. The van der Waals surface area contributed by atoms with Gasteiger partial charge < -0.3 is 16.2 Å². The molecule has 270 valence electrons. The van der Waals surface area contributed by atoms with Crippen molar-refractivity contribution in [2.45, 2.75) is 98.4 Å². The van der Waals surface area contributed by atoms with E-state index in [9.17, 15) is 14.4 Å². The lowest BCUT2D eigenvalue weighted by Crippen LogP contribution is -2.71. The average molecular weight is 695 g/mol. The summed E-state index contributed by atoms with van der Waals surface area (Å²) in [6.07, 6.45) is 21.0. The van der Waals surface area contributed by atoms with Crippen LogP contribution in [0.3, 0.4) is 0 Å². The number of hydrogen-bond acceptors (Lipinski definition) is 7. The van der Waals surface area contributed by atoms with Crippen molar-refractivity contribution in [3.05, 3.63) is 88.9 Å². The van der Waals surface area contributed by atoms with Gasteiger partial charge in [0.1, 0.15) is 6.23 Å². The van der Waals surface area contributed by atoms with Crippen LogP contribution in [0.1, 0.15) is 90.5 Å². The average Bonchev–Trinajstić information content (AvgIpc) is 3.51. The van der Waals surface area contributed by atoms with E-state index in [1.807, 2.05) is 46.2 Å². The molecule has 1 amide bonds. The summed E-state index contributed by atoms with van der Waals surface area (Å²) in [7, 11) is 2.73. The number of carbonyl (C=O) groups is 1. The molecule has 8 nitrogen and oxygen atoms in total. The van der Waals surface area contributed by atoms with Gasteiger partial charge in [-0.1, -0.05) is 50.3 Å². The first-order valence-electron chi connectivity index (χ1n) is 16.6. The highest BCUT2D eigenvalue weighted by Crippen LogP contribution is 2.38. The van der Waals surface area contributed by atoms with E-state index in [1.54, 1.807) is 26.8 Å². The molecular weight excluding hydrogens is 634 g/mol. The smallest absolute Gasteiger partial charge is 0.214 e. The molecule has 1 saturated heterocycles. The molecule has 4 rings (SSSR count). The van der Waals surface area contributed by atoms with Crippen LogP contribution >= 0.6 is 9.24 Å². The molecule has 5 N–H and O–H groups in total. The van der Waals surface area contributed by atoms with E-state index in [-0.39, 0.29) is 17.0 Å². The van der Waals surface area contributed by atoms with Crippen molar-refractivity contribution in [2.24, 2.45) is 10.7 Å². The molecule has 4 unspecified atom stereocenters. The van der Waals surface area contributed by atoms with Gasteiger partial charge in [0, 0.05) is 43.7 Å². The first-order valence-corrected chi connectivity index (χ1v) is 17.4. The number of carbonyl (C=O) groups excluding carboxylic acids is 1. The second kappa shape index (κ2) is 23.6. The molecule has 0 bridgehead atoms. The summed E-state index contributed by atoms with van der Waals surface area (Å²) >= 11 is 0. The van der Waals surface area contributed by atoms with Gasteiger partial charge in [0.25, 0.3) is 0 Å². The number of aromatic nitrogens is 1. The van der Waals surface area contributed by atoms with Gasteiger partial charge >= 0.3 is 0 Å². The van der Waals surface area contributed by atoms with Crippen LogP contribution in [0.5, 0.6) is 0 Å². The zero-order valence-corrected chi connectivity index (χ0v) is 32.2. The van der Waals surface area contributed by atoms with Gasteiger partial charge in [0.2, 0.25) is 5.91 Å². The van der Waals surface area contributed by atoms with E-state index >= 15 is 0 Å². The Morgan fingerprint density at radius 1 is 1.29 bits per heavy atom. The number of amides is 1. The van der Waals surface area contributed by atoms with Crippen LogP contribution in [-0.2, 0) is 17.6 Å². The predicted molar refractivity (Wildman–Crippen MR) is 210 cm³/mol. The second-order valence-corrected chi connectivity index (χ2v) is 12.7. The molecule has 2 aliphatic rings. The Labute approximate surface area is 297 Å². The van der Waals surface area contributed by atoms with Crippen molar-refractivity contribution in [3.8, 4) is 12.3 Å². The molecule has 1 aliphatic heterocycles. The Morgan fingerprint density at radius 2 is 1.88 bits per heavy atom. The van der Waals surface area contributed by atoms with Gasteiger partial charge in [-0.2, -0.15) is 0 Å². The van der Waals surface area contributed by atoms with E-state index < -0.39 is 6.23 Å². The van der Waals surface area contributed by atoms with Gasteiger partial charge in [0.05, 0.1) is 16.8 Å². The number of hydrogen-bond donors (Lipinski definition) is 4. The molecule has 1 aliphatic carbocycles. The van der Waals surface area contributed by atoms with Crippen LogP contribution in [-0.4, -0.2) is 64.2 Å². The molecule has 0 spiro atoms. The maximum atomic E-state index is 11.2. The molecule has 0 saturated carbocycles. The van der Waals surface area contributed by atoms with Crippen LogP contribution in [0.15, 0.2) is 71.7 Å². The molecule has 1 aromatic carbocycles. The number of nitrogens with zero attached hydrogens (tertiary/aromatic N) is 3. The number of aliphatic hydroxyl groups is 1. The maximum absolute atomic E-state index is 11.2. The normalized spacial score (nSPS) is 20.8. The van der Waals surface area contributed by atoms with Crippen molar-refractivity contribution in [1.82, 2.24) is 20.7 Å². The van der Waals surface area contributed by atoms with E-state index in [1.165, 1.54) is 29.2 Å². The number of pyridine rings is 1. The molecule has 49 heavy (non-hydrogen) atoms. The topological polar surface area (TPSA) is 116 Å². The van der Waals surface area contributed by atoms with Crippen LogP contribution < -0.4 is 16.6 Å².